The molecule has 0 radical (unpaired) electrons. The first kappa shape index (κ1) is 9.48. The molecule has 0 atom stereocenters. The lowest BCUT2D eigenvalue weighted by Gasteiger charge is -2.14. The van der Waals surface area contributed by atoms with Crippen molar-refractivity contribution in [3.05, 3.63) is 21.7 Å². The number of rotatable bonds is 1. The molecule has 1 aliphatic heterocycles. The van der Waals surface area contributed by atoms with Gasteiger partial charge < -0.3 is 14.6 Å². The quantitative estimate of drug-likeness (QED) is 0.852. The first-order chi connectivity index (χ1) is 7.12. The van der Waals surface area contributed by atoms with Gasteiger partial charge in [0, 0.05) is 5.56 Å². The van der Waals surface area contributed by atoms with E-state index in [-0.39, 0.29) is 6.79 Å². The van der Waals surface area contributed by atoms with E-state index in [1.54, 1.807) is 0 Å². The topological polar surface area (TPSA) is 38.7 Å². The number of ether oxygens (including phenoxy) is 2. The van der Waals surface area contributed by atoms with Crippen LogP contribution in [0.25, 0.3) is 0 Å². The summed E-state index contributed by atoms with van der Waals surface area (Å²) in [6, 6.07) is 1.94. The lowest BCUT2D eigenvalue weighted by atomic mass is 10.0. The van der Waals surface area contributed by atoms with Gasteiger partial charge in [-0.05, 0) is 47.3 Å². The SMILES string of the molecule is Cc1c(C2(O)CC2)cc(Br)c2c1OCO2. The normalized spacial score (nSPS) is 20.5. The van der Waals surface area contributed by atoms with Crippen molar-refractivity contribution in [3.8, 4) is 11.5 Å². The van der Waals surface area contributed by atoms with Crippen molar-refractivity contribution in [2.45, 2.75) is 25.4 Å². The van der Waals surface area contributed by atoms with Crippen LogP contribution in [0, 0.1) is 6.92 Å². The molecule has 4 heteroatoms. The summed E-state index contributed by atoms with van der Waals surface area (Å²) in [6.07, 6.45) is 1.67. The van der Waals surface area contributed by atoms with E-state index in [1.165, 1.54) is 0 Å². The summed E-state index contributed by atoms with van der Waals surface area (Å²) in [5.41, 5.74) is 1.32. The van der Waals surface area contributed by atoms with E-state index in [0.717, 1.165) is 39.9 Å². The minimum absolute atomic E-state index is 0.261. The van der Waals surface area contributed by atoms with Crippen molar-refractivity contribution in [1.82, 2.24) is 0 Å². The molecule has 15 heavy (non-hydrogen) atoms. The van der Waals surface area contributed by atoms with Gasteiger partial charge in [0.25, 0.3) is 0 Å². The maximum Gasteiger partial charge on any atom is 0.231 e. The largest absolute Gasteiger partial charge is 0.453 e. The van der Waals surface area contributed by atoms with Gasteiger partial charge in [-0.3, -0.25) is 0 Å². The van der Waals surface area contributed by atoms with Crippen LogP contribution in [0.4, 0.5) is 0 Å². The molecule has 80 valence electrons. The van der Waals surface area contributed by atoms with Gasteiger partial charge in [0.2, 0.25) is 6.79 Å². The molecule has 1 aliphatic carbocycles. The average Bonchev–Trinajstić information content (AvgIpc) is 2.79. The number of hydrogen-bond acceptors (Lipinski definition) is 3. The Morgan fingerprint density at radius 2 is 2.00 bits per heavy atom. The third-order valence-electron chi connectivity index (χ3n) is 3.07. The molecule has 1 saturated carbocycles. The van der Waals surface area contributed by atoms with Gasteiger partial charge in [-0.1, -0.05) is 0 Å². The molecule has 0 unspecified atom stereocenters. The average molecular weight is 271 g/mol. The first-order valence-corrected chi connectivity index (χ1v) is 5.73. The van der Waals surface area contributed by atoms with Crippen LogP contribution in [0.3, 0.4) is 0 Å². The van der Waals surface area contributed by atoms with Gasteiger partial charge in [-0.25, -0.2) is 0 Å². The Morgan fingerprint density at radius 3 is 2.67 bits per heavy atom. The minimum Gasteiger partial charge on any atom is -0.453 e. The molecular formula is C11H11BrO3. The summed E-state index contributed by atoms with van der Waals surface area (Å²) in [7, 11) is 0. The van der Waals surface area contributed by atoms with Gasteiger partial charge in [-0.15, -0.1) is 0 Å². The molecule has 3 rings (SSSR count). The van der Waals surface area contributed by atoms with Gasteiger partial charge >= 0.3 is 0 Å². The van der Waals surface area contributed by atoms with Crippen LogP contribution in [-0.4, -0.2) is 11.9 Å². The lowest BCUT2D eigenvalue weighted by Crippen LogP contribution is -2.07. The zero-order valence-electron chi connectivity index (χ0n) is 8.34. The summed E-state index contributed by atoms with van der Waals surface area (Å²) < 4.78 is 11.6. The lowest BCUT2D eigenvalue weighted by molar-refractivity contribution is 0.149. The Kier molecular flexibility index (Phi) is 1.83. The van der Waals surface area contributed by atoms with E-state index in [0.29, 0.717) is 0 Å². The van der Waals surface area contributed by atoms with Crippen molar-refractivity contribution < 1.29 is 14.6 Å². The predicted octanol–water partition coefficient (Wildman–Crippen LogP) is 2.47. The zero-order valence-corrected chi connectivity index (χ0v) is 9.93. The summed E-state index contributed by atoms with van der Waals surface area (Å²) in [6.45, 7) is 2.22. The fourth-order valence-corrected chi connectivity index (χ4v) is 2.55. The van der Waals surface area contributed by atoms with Crippen LogP contribution < -0.4 is 9.47 Å². The molecule has 1 N–H and O–H groups in total. The van der Waals surface area contributed by atoms with E-state index < -0.39 is 5.60 Å². The molecule has 0 amide bonds. The smallest absolute Gasteiger partial charge is 0.231 e. The third kappa shape index (κ3) is 1.28. The fraction of sp³-hybridized carbons (Fsp3) is 0.455. The maximum absolute atomic E-state index is 10.1. The van der Waals surface area contributed by atoms with Crippen molar-refractivity contribution >= 4 is 15.9 Å². The Labute approximate surface area is 96.1 Å². The Bertz CT molecular complexity index is 438. The molecule has 1 aromatic rings. The van der Waals surface area contributed by atoms with Crippen molar-refractivity contribution in [2.24, 2.45) is 0 Å². The zero-order chi connectivity index (χ0) is 10.6. The second kappa shape index (κ2) is 2.89. The third-order valence-corrected chi connectivity index (χ3v) is 3.66. The molecule has 0 spiro atoms. The number of halogens is 1. The molecule has 0 saturated heterocycles. The first-order valence-electron chi connectivity index (χ1n) is 4.93. The Hall–Kier alpha value is -0.740. The highest BCUT2D eigenvalue weighted by Crippen LogP contribution is 2.52. The molecule has 1 heterocycles. The minimum atomic E-state index is -0.631. The molecule has 3 nitrogen and oxygen atoms in total. The molecule has 0 aromatic heterocycles. The van der Waals surface area contributed by atoms with Crippen LogP contribution in [0.5, 0.6) is 11.5 Å². The molecule has 0 bridgehead atoms. The summed E-state index contributed by atoms with van der Waals surface area (Å²) in [5.74, 6) is 1.51. The highest BCUT2D eigenvalue weighted by molar-refractivity contribution is 9.10. The Morgan fingerprint density at radius 1 is 1.33 bits per heavy atom. The van der Waals surface area contributed by atoms with Crippen LogP contribution in [0.2, 0.25) is 0 Å². The van der Waals surface area contributed by atoms with E-state index in [2.05, 4.69) is 15.9 Å². The van der Waals surface area contributed by atoms with Crippen molar-refractivity contribution in [3.63, 3.8) is 0 Å². The van der Waals surface area contributed by atoms with Gasteiger partial charge in [-0.2, -0.15) is 0 Å². The standard InChI is InChI=1S/C11H11BrO3/c1-6-7(11(13)2-3-11)4-8(12)10-9(6)14-5-15-10/h4,13H,2-3,5H2,1H3. The second-order valence-electron chi connectivity index (χ2n) is 4.13. The highest BCUT2D eigenvalue weighted by atomic mass is 79.9. The number of fused-ring (bicyclic) bond motifs is 1. The number of benzene rings is 1. The van der Waals surface area contributed by atoms with Crippen LogP contribution in [-0.2, 0) is 5.60 Å². The van der Waals surface area contributed by atoms with Crippen molar-refractivity contribution in [1.29, 1.82) is 0 Å². The molecule has 1 aromatic carbocycles. The van der Waals surface area contributed by atoms with Crippen LogP contribution in [0.1, 0.15) is 24.0 Å². The predicted molar refractivity (Wildman–Crippen MR) is 58.1 cm³/mol. The summed E-state index contributed by atoms with van der Waals surface area (Å²) >= 11 is 3.44. The number of aliphatic hydroxyl groups is 1. The highest BCUT2D eigenvalue weighted by Gasteiger charge is 2.44. The van der Waals surface area contributed by atoms with Crippen molar-refractivity contribution in [2.75, 3.05) is 6.79 Å². The van der Waals surface area contributed by atoms with E-state index in [9.17, 15) is 5.11 Å². The fourth-order valence-electron chi connectivity index (χ4n) is 2.03. The van der Waals surface area contributed by atoms with Gasteiger partial charge in [0.15, 0.2) is 11.5 Å². The summed E-state index contributed by atoms with van der Waals surface area (Å²) in [4.78, 5) is 0. The van der Waals surface area contributed by atoms with E-state index in [4.69, 9.17) is 9.47 Å². The van der Waals surface area contributed by atoms with Gasteiger partial charge in [0.1, 0.15) is 0 Å². The molecule has 1 fully saturated rings. The van der Waals surface area contributed by atoms with Crippen LogP contribution in [0.15, 0.2) is 10.5 Å². The molecule has 2 aliphatic rings. The van der Waals surface area contributed by atoms with E-state index in [1.807, 2.05) is 13.0 Å². The van der Waals surface area contributed by atoms with Crippen LogP contribution >= 0.6 is 15.9 Å². The maximum atomic E-state index is 10.1. The Balaban J connectivity index is 2.21. The van der Waals surface area contributed by atoms with Gasteiger partial charge in [0.05, 0.1) is 10.1 Å². The monoisotopic (exact) mass is 270 g/mol. The summed E-state index contributed by atoms with van der Waals surface area (Å²) in [5, 5.41) is 10.1. The molecular weight excluding hydrogens is 260 g/mol. The van der Waals surface area contributed by atoms with E-state index >= 15 is 0 Å². The number of hydrogen-bond donors (Lipinski definition) is 1. The second-order valence-corrected chi connectivity index (χ2v) is 4.98.